The highest BCUT2D eigenvalue weighted by atomic mass is 32.2. The van der Waals surface area contributed by atoms with Crippen LogP contribution in [0.2, 0.25) is 0 Å². The standard InChI is InChI=1S/C16H19N3O4S.C5H10N2O3/c1-16(2)11(15(22)23)19-13(21)10(14(19)24-16)18-12(20)9(17)8-6-4-3-5-7-8;6-3(5(9)10)1-2-4(7)8/h3-7,9-11,14H,17H2,1-2H3,(H,18,20)(H,22,23);3H,1-2,6H2,(H2,7,8)(H,9,10)/t9-,10-,11+,14-;3-/m10/s1. The van der Waals surface area contributed by atoms with Gasteiger partial charge in [0, 0.05) is 11.2 Å². The largest absolute Gasteiger partial charge is 0.480 e. The van der Waals surface area contributed by atoms with Crippen LogP contribution in [0.4, 0.5) is 0 Å². The minimum absolute atomic E-state index is 0.0213. The molecule has 3 rings (SSSR count). The first kappa shape index (κ1) is 27.1. The summed E-state index contributed by atoms with van der Waals surface area (Å²) in [4.78, 5) is 57.6. The summed E-state index contributed by atoms with van der Waals surface area (Å²) in [5, 5.41) is 19.9. The monoisotopic (exact) mass is 495 g/mol. The molecular formula is C21H29N5O7S. The van der Waals surface area contributed by atoms with E-state index in [-0.39, 0.29) is 24.1 Å². The van der Waals surface area contributed by atoms with Gasteiger partial charge in [0.25, 0.3) is 0 Å². The molecule has 0 saturated carbocycles. The number of nitrogens with zero attached hydrogens (tertiary/aromatic N) is 1. The van der Waals surface area contributed by atoms with Crippen molar-refractivity contribution in [1.29, 1.82) is 0 Å². The van der Waals surface area contributed by atoms with Crippen LogP contribution in [-0.4, -0.2) is 73.0 Å². The summed E-state index contributed by atoms with van der Waals surface area (Å²) in [5.74, 6) is -3.50. The lowest BCUT2D eigenvalue weighted by molar-refractivity contribution is -0.161. The number of carboxylic acids is 2. The number of amides is 3. The Labute approximate surface area is 200 Å². The third-order valence-electron chi connectivity index (χ3n) is 5.43. The fourth-order valence-corrected chi connectivity index (χ4v) is 5.25. The quantitative estimate of drug-likeness (QED) is 0.241. The summed E-state index contributed by atoms with van der Waals surface area (Å²) in [6, 6.07) is 5.40. The molecule has 1 aromatic rings. The molecule has 13 heteroatoms. The van der Waals surface area contributed by atoms with Gasteiger partial charge >= 0.3 is 11.9 Å². The smallest absolute Gasteiger partial charge is 0.327 e. The zero-order chi connectivity index (χ0) is 25.8. The lowest BCUT2D eigenvalue weighted by Gasteiger charge is -2.43. The Kier molecular flexibility index (Phi) is 8.64. The number of primary amides is 1. The number of rotatable bonds is 8. The Morgan fingerprint density at radius 2 is 1.74 bits per heavy atom. The molecule has 2 aliphatic rings. The number of fused-ring (bicyclic) bond motifs is 1. The number of thioether (sulfide) groups is 1. The minimum Gasteiger partial charge on any atom is -0.480 e. The van der Waals surface area contributed by atoms with Crippen LogP contribution in [0.3, 0.4) is 0 Å². The molecule has 3 amide bonds. The lowest BCUT2D eigenvalue weighted by Crippen LogP contribution is -2.71. The summed E-state index contributed by atoms with van der Waals surface area (Å²) in [6.07, 6.45) is 0.123. The Morgan fingerprint density at radius 1 is 1.15 bits per heavy atom. The number of aliphatic carboxylic acids is 2. The van der Waals surface area contributed by atoms with Crippen molar-refractivity contribution < 1.29 is 34.2 Å². The molecule has 0 bridgehead atoms. The van der Waals surface area contributed by atoms with Crippen LogP contribution in [-0.2, 0) is 24.0 Å². The number of carbonyl (C=O) groups excluding carboxylic acids is 3. The molecule has 0 unspecified atom stereocenters. The second kappa shape index (κ2) is 10.8. The zero-order valence-corrected chi connectivity index (χ0v) is 19.5. The summed E-state index contributed by atoms with van der Waals surface area (Å²) < 4.78 is -0.618. The molecular weight excluding hydrogens is 466 g/mol. The minimum atomic E-state index is -1.11. The number of hydrogen-bond donors (Lipinski definition) is 6. The van der Waals surface area contributed by atoms with E-state index >= 15 is 0 Å². The molecule has 0 aliphatic carbocycles. The Hall–Kier alpha value is -3.16. The maximum absolute atomic E-state index is 12.3. The van der Waals surface area contributed by atoms with Crippen molar-refractivity contribution in [3.05, 3.63) is 35.9 Å². The van der Waals surface area contributed by atoms with Crippen LogP contribution in [0.1, 0.15) is 38.3 Å². The van der Waals surface area contributed by atoms with Gasteiger partial charge in [-0.25, -0.2) is 4.79 Å². The van der Waals surface area contributed by atoms with E-state index in [1.54, 1.807) is 38.1 Å². The summed E-state index contributed by atoms with van der Waals surface area (Å²) in [5.41, 5.74) is 16.4. The van der Waals surface area contributed by atoms with Crippen molar-refractivity contribution in [2.75, 3.05) is 0 Å². The van der Waals surface area contributed by atoms with E-state index in [0.29, 0.717) is 5.56 Å². The highest BCUT2D eigenvalue weighted by Crippen LogP contribution is 2.50. The van der Waals surface area contributed by atoms with Crippen molar-refractivity contribution in [3.8, 4) is 0 Å². The summed E-state index contributed by atoms with van der Waals surface area (Å²) >= 11 is 1.38. The van der Waals surface area contributed by atoms with Gasteiger partial charge < -0.3 is 37.6 Å². The molecule has 0 aromatic heterocycles. The van der Waals surface area contributed by atoms with E-state index in [1.165, 1.54) is 16.7 Å². The average Bonchev–Trinajstić information content (AvgIpc) is 3.03. The van der Waals surface area contributed by atoms with Gasteiger partial charge in [-0.1, -0.05) is 30.3 Å². The van der Waals surface area contributed by atoms with E-state index in [4.69, 9.17) is 22.3 Å². The number of nitrogens with two attached hydrogens (primary N) is 3. The highest BCUT2D eigenvalue weighted by molar-refractivity contribution is 8.01. The van der Waals surface area contributed by atoms with Gasteiger partial charge in [-0.05, 0) is 25.8 Å². The van der Waals surface area contributed by atoms with E-state index in [1.807, 2.05) is 6.07 Å². The molecule has 0 radical (unpaired) electrons. The third kappa shape index (κ3) is 6.04. The van der Waals surface area contributed by atoms with Crippen LogP contribution in [0, 0.1) is 0 Å². The van der Waals surface area contributed by atoms with Gasteiger partial charge in [-0.3, -0.25) is 19.2 Å². The molecule has 186 valence electrons. The first-order valence-corrected chi connectivity index (χ1v) is 11.3. The predicted molar refractivity (Wildman–Crippen MR) is 123 cm³/mol. The number of hydrogen-bond acceptors (Lipinski definition) is 8. The SMILES string of the molecule is CC1(C)S[C@@H]2[C@H](NC(=O)[C@H](N)c3ccccc3)C(=O)N2[C@H]1C(=O)O.NC(=O)CC[C@H](N)C(=O)O. The number of benzene rings is 1. The second-order valence-corrected chi connectivity index (χ2v) is 10.2. The van der Waals surface area contributed by atoms with Crippen molar-refractivity contribution in [3.63, 3.8) is 0 Å². The molecule has 2 aliphatic heterocycles. The fraction of sp³-hybridized carbons (Fsp3) is 0.476. The molecule has 34 heavy (non-hydrogen) atoms. The zero-order valence-electron chi connectivity index (χ0n) is 18.7. The second-order valence-electron chi connectivity index (χ2n) is 8.42. The van der Waals surface area contributed by atoms with Crippen molar-refractivity contribution in [1.82, 2.24) is 10.2 Å². The molecule has 5 atom stereocenters. The first-order valence-electron chi connectivity index (χ1n) is 10.4. The van der Waals surface area contributed by atoms with Crippen LogP contribution >= 0.6 is 11.8 Å². The Bertz CT molecular complexity index is 958. The number of carbonyl (C=O) groups is 5. The van der Waals surface area contributed by atoms with Crippen molar-refractivity contribution in [2.45, 2.75) is 61.0 Å². The lowest BCUT2D eigenvalue weighted by atomic mass is 9.95. The molecule has 2 heterocycles. The Morgan fingerprint density at radius 3 is 2.24 bits per heavy atom. The summed E-state index contributed by atoms with van der Waals surface area (Å²) in [6.45, 7) is 3.58. The number of carboxylic acid groups (broad SMARTS) is 2. The highest BCUT2D eigenvalue weighted by Gasteiger charge is 2.64. The van der Waals surface area contributed by atoms with Gasteiger partial charge in [-0.15, -0.1) is 11.8 Å². The fourth-order valence-electron chi connectivity index (χ4n) is 3.62. The van der Waals surface area contributed by atoms with E-state index in [0.717, 1.165) is 0 Å². The molecule has 1 aromatic carbocycles. The van der Waals surface area contributed by atoms with Gasteiger partial charge in [0.05, 0.1) is 0 Å². The molecule has 2 saturated heterocycles. The third-order valence-corrected chi connectivity index (χ3v) is 7.00. The van der Waals surface area contributed by atoms with E-state index in [2.05, 4.69) is 5.32 Å². The molecule has 12 nitrogen and oxygen atoms in total. The van der Waals surface area contributed by atoms with Crippen molar-refractivity contribution >= 4 is 41.4 Å². The van der Waals surface area contributed by atoms with Crippen molar-refractivity contribution in [2.24, 2.45) is 17.2 Å². The first-order chi connectivity index (χ1) is 15.8. The Balaban J connectivity index is 0.000000347. The maximum Gasteiger partial charge on any atom is 0.327 e. The van der Waals surface area contributed by atoms with Crippen LogP contribution in [0.15, 0.2) is 30.3 Å². The average molecular weight is 496 g/mol. The topological polar surface area (TPSA) is 219 Å². The molecule has 9 N–H and O–H groups in total. The van der Waals surface area contributed by atoms with Gasteiger partial charge in [0.15, 0.2) is 0 Å². The summed E-state index contributed by atoms with van der Waals surface area (Å²) in [7, 11) is 0. The van der Waals surface area contributed by atoms with E-state index < -0.39 is 52.7 Å². The van der Waals surface area contributed by atoms with Gasteiger partial charge in [0.1, 0.15) is 29.5 Å². The molecule has 0 spiro atoms. The predicted octanol–water partition coefficient (Wildman–Crippen LogP) is -1.02. The number of β-lactam (4-membered cyclic amide) rings is 1. The molecule has 2 fully saturated rings. The van der Waals surface area contributed by atoms with Crippen LogP contribution < -0.4 is 22.5 Å². The number of nitrogens with one attached hydrogen (secondary N) is 1. The van der Waals surface area contributed by atoms with Gasteiger partial charge in [-0.2, -0.15) is 0 Å². The van der Waals surface area contributed by atoms with Gasteiger partial charge in [0.2, 0.25) is 17.7 Å². The normalized spacial score (nSPS) is 23.9. The van der Waals surface area contributed by atoms with E-state index in [9.17, 15) is 29.1 Å². The van der Waals surface area contributed by atoms with Crippen LogP contribution in [0.5, 0.6) is 0 Å². The maximum atomic E-state index is 12.3. The van der Waals surface area contributed by atoms with Crippen LogP contribution in [0.25, 0.3) is 0 Å².